The lowest BCUT2D eigenvalue weighted by Crippen LogP contribution is -2.94. The van der Waals surface area contributed by atoms with Crippen molar-refractivity contribution >= 4 is 29.2 Å². The molecule has 0 saturated carbocycles. The maximum atomic E-state index is 11.9. The number of benzene rings is 1. The highest BCUT2D eigenvalue weighted by Gasteiger charge is 2.18. The van der Waals surface area contributed by atoms with Crippen molar-refractivity contribution in [2.75, 3.05) is 17.2 Å². The third-order valence-electron chi connectivity index (χ3n) is 3.09. The molecule has 0 unspecified atom stereocenters. The van der Waals surface area contributed by atoms with Crippen LogP contribution >= 0.6 is 0 Å². The van der Waals surface area contributed by atoms with Gasteiger partial charge < -0.3 is 25.9 Å². The molecule has 0 aliphatic heterocycles. The summed E-state index contributed by atoms with van der Waals surface area (Å²) in [6, 6.07) is 5.66. The molecule has 0 bridgehead atoms. The minimum atomic E-state index is -1.25. The van der Waals surface area contributed by atoms with E-state index in [4.69, 9.17) is 0 Å². The standard InChI is InChI=1S/C16H23N3O4/c1-10(2)9-17-14(16(22)23)8-15(21)19-13-6-4-12(5-7-13)18-11(3)20/h4-7,10,14,17H,8-9H2,1-3H3,(H,18,20)(H,19,21)(H,22,23)/t14-/m0/s1. The Morgan fingerprint density at radius 2 is 1.61 bits per heavy atom. The number of anilines is 2. The lowest BCUT2D eigenvalue weighted by Gasteiger charge is -2.17. The second-order valence-corrected chi connectivity index (χ2v) is 5.80. The molecule has 1 aromatic carbocycles. The van der Waals surface area contributed by atoms with Gasteiger partial charge in [-0.2, -0.15) is 0 Å². The van der Waals surface area contributed by atoms with Gasteiger partial charge in [0.1, 0.15) is 6.04 Å². The number of hydrogen-bond acceptors (Lipinski definition) is 4. The van der Waals surface area contributed by atoms with Crippen LogP contribution < -0.4 is 21.1 Å². The predicted octanol–water partition coefficient (Wildman–Crippen LogP) is -0.688. The van der Waals surface area contributed by atoms with Gasteiger partial charge in [-0.15, -0.1) is 0 Å². The molecular formula is C16H23N3O4. The average molecular weight is 321 g/mol. The van der Waals surface area contributed by atoms with Gasteiger partial charge in [0.2, 0.25) is 11.8 Å². The van der Waals surface area contributed by atoms with Crippen LogP contribution in [-0.4, -0.2) is 30.4 Å². The van der Waals surface area contributed by atoms with Crippen LogP contribution in [0.1, 0.15) is 27.2 Å². The summed E-state index contributed by atoms with van der Waals surface area (Å²) in [4.78, 5) is 34.0. The number of aliphatic carboxylic acids is 1. The summed E-state index contributed by atoms with van der Waals surface area (Å²) in [5.74, 6) is -1.51. The SMILES string of the molecule is CC(=O)Nc1ccc(NC(=O)C[C@H]([NH2+]CC(C)C)C(=O)[O-])cc1. The van der Waals surface area contributed by atoms with Crippen molar-refractivity contribution < 1.29 is 24.8 Å². The molecule has 0 heterocycles. The molecule has 0 aliphatic rings. The maximum absolute atomic E-state index is 11.9. The zero-order valence-electron chi connectivity index (χ0n) is 13.6. The fourth-order valence-electron chi connectivity index (χ4n) is 1.95. The Labute approximate surface area is 135 Å². The molecule has 0 spiro atoms. The molecule has 0 aliphatic carbocycles. The Bertz CT molecular complexity index is 555. The number of carboxylic acid groups (broad SMARTS) is 1. The number of amides is 2. The van der Waals surface area contributed by atoms with E-state index >= 15 is 0 Å². The first-order valence-electron chi connectivity index (χ1n) is 7.49. The van der Waals surface area contributed by atoms with Crippen LogP contribution in [0.2, 0.25) is 0 Å². The molecular weight excluding hydrogens is 298 g/mol. The quantitative estimate of drug-likeness (QED) is 0.588. The minimum absolute atomic E-state index is 0.164. The van der Waals surface area contributed by atoms with E-state index in [0.29, 0.717) is 23.8 Å². The second kappa shape index (κ2) is 8.89. The number of quaternary nitrogens is 1. The zero-order chi connectivity index (χ0) is 17.4. The number of nitrogens with one attached hydrogen (secondary N) is 2. The Balaban J connectivity index is 2.56. The van der Waals surface area contributed by atoms with Crippen molar-refractivity contribution in [1.82, 2.24) is 0 Å². The summed E-state index contributed by atoms with van der Waals surface area (Å²) in [5, 5.41) is 17.9. The molecule has 0 radical (unpaired) electrons. The van der Waals surface area contributed by atoms with Crippen LogP contribution in [0.5, 0.6) is 0 Å². The molecule has 23 heavy (non-hydrogen) atoms. The first kappa shape index (κ1) is 18.6. The summed E-state index contributed by atoms with van der Waals surface area (Å²) in [7, 11) is 0. The van der Waals surface area contributed by atoms with Crippen LogP contribution in [0, 0.1) is 5.92 Å². The number of carbonyl (C=O) groups excluding carboxylic acids is 3. The van der Waals surface area contributed by atoms with Crippen LogP contribution in [0.4, 0.5) is 11.4 Å². The largest absolute Gasteiger partial charge is 0.544 e. The van der Waals surface area contributed by atoms with E-state index in [2.05, 4.69) is 10.6 Å². The van der Waals surface area contributed by atoms with E-state index in [1.165, 1.54) is 6.92 Å². The molecule has 126 valence electrons. The Morgan fingerprint density at radius 1 is 1.09 bits per heavy atom. The van der Waals surface area contributed by atoms with Gasteiger partial charge in [0, 0.05) is 24.2 Å². The van der Waals surface area contributed by atoms with Gasteiger partial charge >= 0.3 is 0 Å². The highest BCUT2D eigenvalue weighted by atomic mass is 16.4. The molecule has 1 rings (SSSR count). The average Bonchev–Trinajstić information content (AvgIpc) is 2.44. The molecule has 1 aromatic rings. The lowest BCUT2D eigenvalue weighted by atomic mass is 10.1. The van der Waals surface area contributed by atoms with Crippen molar-refractivity contribution in [3.8, 4) is 0 Å². The van der Waals surface area contributed by atoms with Gasteiger partial charge in [0.25, 0.3) is 0 Å². The van der Waals surface area contributed by atoms with Crippen molar-refractivity contribution in [2.24, 2.45) is 5.92 Å². The summed E-state index contributed by atoms with van der Waals surface area (Å²) >= 11 is 0. The predicted molar refractivity (Wildman–Crippen MR) is 84.4 cm³/mol. The maximum Gasteiger partial charge on any atom is 0.230 e. The summed E-state index contributed by atoms with van der Waals surface area (Å²) in [6.45, 7) is 5.96. The van der Waals surface area contributed by atoms with Crippen molar-refractivity contribution in [1.29, 1.82) is 0 Å². The molecule has 0 aromatic heterocycles. The fourth-order valence-corrected chi connectivity index (χ4v) is 1.95. The fraction of sp³-hybridized carbons (Fsp3) is 0.438. The number of nitrogens with two attached hydrogens (primary N) is 1. The molecule has 7 heteroatoms. The van der Waals surface area contributed by atoms with Crippen molar-refractivity contribution in [3.05, 3.63) is 24.3 Å². The van der Waals surface area contributed by atoms with Crippen LogP contribution in [0.25, 0.3) is 0 Å². The van der Waals surface area contributed by atoms with Gasteiger partial charge in [-0.25, -0.2) is 0 Å². The van der Waals surface area contributed by atoms with E-state index in [0.717, 1.165) is 0 Å². The van der Waals surface area contributed by atoms with E-state index < -0.39 is 17.9 Å². The Kier molecular flexibility index (Phi) is 7.21. The molecule has 0 saturated heterocycles. The normalized spacial score (nSPS) is 11.8. The monoisotopic (exact) mass is 321 g/mol. The van der Waals surface area contributed by atoms with Gasteiger partial charge in [0.05, 0.1) is 18.9 Å². The first-order valence-corrected chi connectivity index (χ1v) is 7.49. The van der Waals surface area contributed by atoms with Gasteiger partial charge in [-0.1, -0.05) is 13.8 Å². The molecule has 2 amide bonds. The number of hydrogen-bond donors (Lipinski definition) is 3. The number of rotatable bonds is 8. The summed E-state index contributed by atoms with van der Waals surface area (Å²) in [5.41, 5.74) is 1.15. The van der Waals surface area contributed by atoms with Crippen molar-refractivity contribution in [2.45, 2.75) is 33.2 Å². The highest BCUT2D eigenvalue weighted by molar-refractivity contribution is 5.94. The van der Waals surface area contributed by atoms with Gasteiger partial charge in [-0.05, 0) is 24.3 Å². The van der Waals surface area contributed by atoms with E-state index in [9.17, 15) is 19.5 Å². The van der Waals surface area contributed by atoms with Crippen LogP contribution in [0.3, 0.4) is 0 Å². The van der Waals surface area contributed by atoms with Crippen LogP contribution in [-0.2, 0) is 14.4 Å². The molecule has 4 N–H and O–H groups in total. The topological polar surface area (TPSA) is 115 Å². The first-order chi connectivity index (χ1) is 10.8. The number of carbonyl (C=O) groups is 3. The van der Waals surface area contributed by atoms with Crippen LogP contribution in [0.15, 0.2) is 24.3 Å². The molecule has 7 nitrogen and oxygen atoms in total. The molecule has 1 atom stereocenters. The van der Waals surface area contributed by atoms with E-state index in [1.54, 1.807) is 29.6 Å². The van der Waals surface area contributed by atoms with Gasteiger partial charge in [-0.3, -0.25) is 9.59 Å². The highest BCUT2D eigenvalue weighted by Crippen LogP contribution is 2.13. The van der Waals surface area contributed by atoms with E-state index in [1.807, 2.05) is 13.8 Å². The van der Waals surface area contributed by atoms with Crippen molar-refractivity contribution in [3.63, 3.8) is 0 Å². The zero-order valence-corrected chi connectivity index (χ0v) is 13.6. The number of carboxylic acids is 1. The summed E-state index contributed by atoms with van der Waals surface area (Å²) < 4.78 is 0. The Hall–Kier alpha value is -2.41. The van der Waals surface area contributed by atoms with E-state index in [-0.39, 0.29) is 12.3 Å². The van der Waals surface area contributed by atoms with Gasteiger partial charge in [0.15, 0.2) is 0 Å². The smallest absolute Gasteiger partial charge is 0.230 e. The Morgan fingerprint density at radius 3 is 2.04 bits per heavy atom. The third-order valence-corrected chi connectivity index (χ3v) is 3.09. The summed E-state index contributed by atoms with van der Waals surface area (Å²) in [6.07, 6.45) is -0.164. The third kappa shape index (κ3) is 7.42. The second-order valence-electron chi connectivity index (χ2n) is 5.80. The lowest BCUT2D eigenvalue weighted by molar-refractivity contribution is -0.686. The molecule has 0 fully saturated rings. The minimum Gasteiger partial charge on any atom is -0.544 e.